The van der Waals surface area contributed by atoms with E-state index in [1.165, 1.54) is 18.9 Å². The number of hydrogen-bond donors (Lipinski definition) is 15. The molecule has 113 heavy (non-hydrogen) atoms. The largest absolute Gasteiger partial charge is 1.00 e. The maximum atomic E-state index is 11.9. The summed E-state index contributed by atoms with van der Waals surface area (Å²) in [6, 6.07) is 12.9. The van der Waals surface area contributed by atoms with Gasteiger partial charge in [0, 0.05) is 81.8 Å². The molecule has 44 nitrogen and oxygen atoms in total. The summed E-state index contributed by atoms with van der Waals surface area (Å²) < 4.78 is 97.7. The van der Waals surface area contributed by atoms with Crippen molar-refractivity contribution >= 4 is 110 Å². The molecule has 1 amide bonds. The number of ether oxygens (including phenoxy) is 1. The summed E-state index contributed by atoms with van der Waals surface area (Å²) in [5, 5.41) is 60.7. The first-order valence-corrected chi connectivity index (χ1v) is 40.9. The van der Waals surface area contributed by atoms with Crippen molar-refractivity contribution in [2.45, 2.75) is 121 Å². The number of nitriles is 1. The Kier molecular flexibility index (Phi) is 59.0. The number of guanidine groups is 3. The minimum atomic E-state index is -3.73. The number of hydrazine groups is 3. The molecule has 0 spiro atoms. The number of carboxylic acids is 1. The van der Waals surface area contributed by atoms with E-state index >= 15 is 0 Å². The molecule has 0 saturated heterocycles. The van der Waals surface area contributed by atoms with Crippen molar-refractivity contribution in [3.8, 4) is 6.07 Å². The number of hydrazone groups is 1. The van der Waals surface area contributed by atoms with Crippen molar-refractivity contribution in [2.24, 2.45) is 45.6 Å². The quantitative estimate of drug-likeness (QED) is 0.00542. The second kappa shape index (κ2) is 60.1. The number of nitrogens with one attached hydrogen (secondary N) is 6. The van der Waals surface area contributed by atoms with E-state index in [1.54, 1.807) is 146 Å². The van der Waals surface area contributed by atoms with E-state index in [0.29, 0.717) is 95.7 Å². The number of imidazole rings is 2. The third kappa shape index (κ3) is 51.1. The second-order valence-corrected chi connectivity index (χ2v) is 30.9. The number of amidine groups is 1. The van der Waals surface area contributed by atoms with Crippen LogP contribution in [0.5, 0.6) is 0 Å². The van der Waals surface area contributed by atoms with Gasteiger partial charge in [-0.05, 0) is 106 Å². The Morgan fingerprint density at radius 1 is 0.655 bits per heavy atom. The summed E-state index contributed by atoms with van der Waals surface area (Å²) >= 11 is 0. The summed E-state index contributed by atoms with van der Waals surface area (Å²) in [6.07, 6.45) is 12.3. The van der Waals surface area contributed by atoms with E-state index in [2.05, 4.69) is 30.4 Å². The molecule has 50 heteroatoms. The van der Waals surface area contributed by atoms with Crippen LogP contribution in [0.25, 0.3) is 0 Å². The summed E-state index contributed by atoms with van der Waals surface area (Å²) in [6.45, 7) is 23.0. The van der Waals surface area contributed by atoms with E-state index in [0.717, 1.165) is 45.6 Å². The summed E-state index contributed by atoms with van der Waals surface area (Å²) in [5.41, 5.74) is 28.3. The van der Waals surface area contributed by atoms with Crippen LogP contribution in [0.2, 0.25) is 0 Å². The van der Waals surface area contributed by atoms with Gasteiger partial charge in [-0.15, -0.1) is 0 Å². The van der Waals surface area contributed by atoms with E-state index in [1.807, 2.05) is 11.5 Å². The number of amides is 1. The number of aldehydes is 1. The van der Waals surface area contributed by atoms with Crippen LogP contribution in [0.3, 0.4) is 0 Å². The van der Waals surface area contributed by atoms with Crippen LogP contribution in [-0.4, -0.2) is 219 Å². The maximum absolute atomic E-state index is 11.9. The number of Topliss-reactive ketones (excluding diaryl/α,β-unsaturated/α-hetero) is 1. The van der Waals surface area contributed by atoms with Gasteiger partial charge in [0.2, 0.25) is 23.8 Å². The van der Waals surface area contributed by atoms with Gasteiger partial charge in [0.1, 0.15) is 44.2 Å². The molecule has 0 bridgehead atoms. The molecule has 2 aliphatic carbocycles. The van der Waals surface area contributed by atoms with Gasteiger partial charge in [-0.3, -0.25) is 89.1 Å². The first-order valence-electron chi connectivity index (χ1n) is 33.9. The molecular formula is C63H110BN22NaO22P4. The number of carbonyl (C=O) groups excluding carboxylic acids is 5. The fourth-order valence-corrected chi connectivity index (χ4v) is 13.5. The SMILES string of the molecule is CC(=O)O.CC(=O)O[B-]OC(C)=O.CC(C)(C)OC(=O)NN.CCOP(=O)(CC=O)OCC.CCOP(=O)(CCN(N)C(=N)N)OCC.CCOP(=O)(CCN(N)C(=N)N)OCC.CCOP(=O)(O)CCN(/N=C1\CCc2c(C(=N)N)cccc21)C(=N)N.N#Cc1cccc2c1CCC2=O.N=C(n1ccnc1)n1ccnc1.[Na+]. The Morgan fingerprint density at radius 3 is 1.42 bits per heavy atom. The zero-order chi connectivity index (χ0) is 86.4. The number of carbonyl (C=O) groups is 6. The van der Waals surface area contributed by atoms with Gasteiger partial charge in [-0.25, -0.2) is 37.3 Å². The van der Waals surface area contributed by atoms with Crippen molar-refractivity contribution in [2.75, 3.05) is 90.5 Å². The van der Waals surface area contributed by atoms with Crippen molar-refractivity contribution in [1.29, 1.82) is 32.3 Å². The van der Waals surface area contributed by atoms with Crippen molar-refractivity contribution < 1.29 is 132 Å². The fraction of sp³-hybridized carbons (Fsp3) is 0.508. The van der Waals surface area contributed by atoms with Crippen LogP contribution in [0, 0.1) is 38.4 Å². The average molecular weight is 1690 g/mol. The molecule has 628 valence electrons. The van der Waals surface area contributed by atoms with Gasteiger partial charge in [-0.2, -0.15) is 10.4 Å². The zero-order valence-corrected chi connectivity index (χ0v) is 71.8. The number of nitrogen functional groups attached to an aromatic ring is 1. The molecule has 0 fully saturated rings. The second-order valence-electron chi connectivity index (χ2n) is 22.5. The third-order valence-electron chi connectivity index (χ3n) is 12.6. The summed E-state index contributed by atoms with van der Waals surface area (Å²) in [7, 11) is -12.3. The smallest absolute Gasteiger partial charge is 0.702 e. The number of hydrogen-bond acceptors (Lipinski definition) is 32. The molecule has 2 aliphatic rings. The minimum absolute atomic E-state index is 0. The Balaban J connectivity index is -0.000000609. The van der Waals surface area contributed by atoms with Gasteiger partial charge in [0.05, 0.1) is 88.6 Å². The van der Waals surface area contributed by atoms with Gasteiger partial charge < -0.3 is 83.4 Å². The van der Waals surface area contributed by atoms with E-state index < -0.39 is 60.0 Å². The minimum Gasteiger partial charge on any atom is -0.702 e. The Hall–Kier alpha value is -8.47. The molecule has 0 aliphatic heterocycles. The number of nitrogens with zero attached hydrogens (tertiary/aromatic N) is 9. The van der Waals surface area contributed by atoms with Crippen LogP contribution < -0.4 is 75.4 Å². The monoisotopic (exact) mass is 1680 g/mol. The third-order valence-corrected chi connectivity index (χ3v) is 20.0. The predicted molar refractivity (Wildman–Crippen MR) is 419 cm³/mol. The van der Waals surface area contributed by atoms with Crippen LogP contribution in [0.4, 0.5) is 4.79 Å². The van der Waals surface area contributed by atoms with Crippen molar-refractivity contribution in [1.82, 2.24) is 39.6 Å². The standard InChI is InChI=1S/C15H23N6O3P.C10H7NO.C7H7N5.2C7H19N4O3P.C6H13O4P.C5H12N2O2.C4H6BO4.C2H4O2.Na/c1-2-24-25(22,23)9-8-21(15(18)19)20-13-7-6-10-11(13)4-3-5-12(10)14(16)17;11-6-7-2-1-3-9-8(7)4-5-10(9)12;8-7(11-3-1-9-5-11)12-4-2-10-6-12;2*1-3-13-15(12,14-4-2)6-5-11(10)7(8)9;1-3-9-11(8,6-5-7)10-4-2;1-5(2,3)9-4(8)7-6;1-3(6)8-5-9-4(2)7;1-2(3)4;/h3-5H,2,6-9H2,1H3,(H3,16,17)(H3,18,19)(H,22,23);1-3H,4-5H2;1-6,8H;2*3-6,10H2,1-2H3,(H3,8,9);5H,3-4,6H2,1-2H3;6H2,1-3H3,(H,7,8);1-2H3;1H3,(H,3,4);/q;;;;;;;-1;;+1/b20-13+;;;;;;;;;. The Bertz CT molecular complexity index is 3740. The molecule has 1 unspecified atom stereocenters. The van der Waals surface area contributed by atoms with E-state index in [-0.39, 0.29) is 110 Å². The molecule has 2 aromatic heterocycles. The van der Waals surface area contributed by atoms with Crippen LogP contribution in [0.1, 0.15) is 141 Å². The number of benzene rings is 2. The predicted octanol–water partition coefficient (Wildman–Crippen LogP) is 2.36. The van der Waals surface area contributed by atoms with Crippen LogP contribution in [0.15, 0.2) is 78.9 Å². The van der Waals surface area contributed by atoms with Gasteiger partial charge >= 0.3 is 66.0 Å². The fourth-order valence-electron chi connectivity index (χ4n) is 8.13. The summed E-state index contributed by atoms with van der Waals surface area (Å²) in [5.74, 6) is 13.2. The number of carboxylic acid groups (broad SMARTS) is 1. The molecule has 4 aromatic rings. The number of fused-ring (bicyclic) bond motifs is 2. The number of aromatic nitrogens is 4. The van der Waals surface area contributed by atoms with Gasteiger partial charge in [-0.1, -0.05) is 30.3 Å². The number of nitrogens with two attached hydrogens (primary N) is 7. The first-order chi connectivity index (χ1) is 52.3. The Labute approximate surface area is 680 Å². The Morgan fingerprint density at radius 2 is 1.07 bits per heavy atom. The van der Waals surface area contributed by atoms with Gasteiger partial charge in [0.25, 0.3) is 17.9 Å². The van der Waals surface area contributed by atoms with E-state index in [9.17, 15) is 47.1 Å². The van der Waals surface area contributed by atoms with Crippen LogP contribution >= 0.6 is 30.4 Å². The summed E-state index contributed by atoms with van der Waals surface area (Å²) in [4.78, 5) is 77.9. The molecule has 1 atom stereocenters. The molecular weight excluding hydrogens is 1570 g/mol. The number of ketones is 1. The molecule has 6 rings (SSSR count). The average Bonchev–Trinajstić information content (AvgIpc) is 1.67. The van der Waals surface area contributed by atoms with E-state index in [4.69, 9.17) is 119 Å². The normalized spacial score (nSPS) is 12.2. The van der Waals surface area contributed by atoms with Crippen molar-refractivity contribution in [3.63, 3.8) is 0 Å². The molecule has 2 radical (unpaired) electrons. The molecule has 22 N–H and O–H groups in total. The molecule has 2 aromatic carbocycles. The zero-order valence-electron chi connectivity index (χ0n) is 66.2. The van der Waals surface area contributed by atoms with Crippen LogP contribution in [-0.2, 0) is 96.0 Å². The molecule has 0 saturated carbocycles. The first kappa shape index (κ1) is 111. The number of rotatable bonds is 29. The molecule has 2 heterocycles. The topological polar surface area (TPSA) is 698 Å². The van der Waals surface area contributed by atoms with Gasteiger partial charge in [0.15, 0.2) is 5.78 Å². The van der Waals surface area contributed by atoms with Crippen molar-refractivity contribution in [3.05, 3.63) is 107 Å². The maximum Gasteiger partial charge on any atom is 1.00 e. The number of aliphatic carboxylic acids is 1.